The predicted molar refractivity (Wildman–Crippen MR) is 87.1 cm³/mol. The van der Waals surface area contributed by atoms with Gasteiger partial charge in [-0.2, -0.15) is 0 Å². The van der Waals surface area contributed by atoms with Crippen molar-refractivity contribution in [3.05, 3.63) is 29.5 Å². The molecule has 24 heavy (non-hydrogen) atoms. The summed E-state index contributed by atoms with van der Waals surface area (Å²) >= 11 is 5.13. The molecule has 0 bridgehead atoms. The largest absolute Gasteiger partial charge is 0.454 e. The molecule has 3 aliphatic heterocycles. The molecule has 3 aliphatic rings. The molecule has 124 valence electrons. The normalized spacial score (nSPS) is 23.9. The maximum Gasteiger partial charge on any atom is 0.274 e. The summed E-state index contributed by atoms with van der Waals surface area (Å²) in [5.41, 5.74) is 0.888. The summed E-state index contributed by atoms with van der Waals surface area (Å²) in [4.78, 5) is 26.0. The second-order valence-corrected chi connectivity index (χ2v) is 5.96. The van der Waals surface area contributed by atoms with Gasteiger partial charge in [-0.3, -0.25) is 14.9 Å². The van der Waals surface area contributed by atoms with Gasteiger partial charge in [0.15, 0.2) is 16.6 Å². The average molecular weight is 346 g/mol. The maximum atomic E-state index is 12.6. The fraction of sp³-hybridized carbons (Fsp3) is 0.312. The smallest absolute Gasteiger partial charge is 0.274 e. The van der Waals surface area contributed by atoms with E-state index in [9.17, 15) is 9.59 Å². The van der Waals surface area contributed by atoms with E-state index >= 15 is 0 Å². The highest BCUT2D eigenvalue weighted by molar-refractivity contribution is 7.80. The van der Waals surface area contributed by atoms with E-state index in [4.69, 9.17) is 26.4 Å². The highest BCUT2D eigenvalue weighted by Crippen LogP contribution is 2.33. The SMILES string of the molecule is O=C1NC(=S)N(C(=O)C2CCCO2)C1=Cc1ccc2c(c1)OCO2. The zero-order chi connectivity index (χ0) is 16.7. The highest BCUT2D eigenvalue weighted by Gasteiger charge is 2.39. The molecule has 2 amide bonds. The third-order valence-electron chi connectivity index (χ3n) is 4.02. The summed E-state index contributed by atoms with van der Waals surface area (Å²) in [6.45, 7) is 0.711. The fourth-order valence-electron chi connectivity index (χ4n) is 2.85. The van der Waals surface area contributed by atoms with E-state index < -0.39 is 12.0 Å². The Morgan fingerprint density at radius 1 is 1.33 bits per heavy atom. The quantitative estimate of drug-likeness (QED) is 0.640. The molecule has 8 heteroatoms. The number of rotatable bonds is 2. The molecule has 0 spiro atoms. The second kappa shape index (κ2) is 5.88. The first-order valence-electron chi connectivity index (χ1n) is 7.56. The van der Waals surface area contributed by atoms with Crippen molar-refractivity contribution in [3.63, 3.8) is 0 Å². The van der Waals surface area contributed by atoms with Gasteiger partial charge in [0.25, 0.3) is 11.8 Å². The van der Waals surface area contributed by atoms with E-state index in [2.05, 4.69) is 5.32 Å². The Labute approximate surface area is 143 Å². The molecule has 1 aromatic rings. The molecule has 3 heterocycles. The summed E-state index contributed by atoms with van der Waals surface area (Å²) in [6.07, 6.45) is 2.49. The number of benzene rings is 1. The minimum absolute atomic E-state index is 0.0764. The van der Waals surface area contributed by atoms with Crippen LogP contribution in [0, 0.1) is 0 Å². The second-order valence-electron chi connectivity index (χ2n) is 5.58. The highest BCUT2D eigenvalue weighted by atomic mass is 32.1. The molecule has 1 aromatic carbocycles. The van der Waals surface area contributed by atoms with Crippen molar-refractivity contribution < 1.29 is 23.8 Å². The molecular formula is C16H14N2O5S. The number of carbonyl (C=O) groups is 2. The molecule has 1 unspecified atom stereocenters. The van der Waals surface area contributed by atoms with Crippen molar-refractivity contribution in [1.82, 2.24) is 10.2 Å². The van der Waals surface area contributed by atoms with Crippen LogP contribution in [-0.2, 0) is 14.3 Å². The standard InChI is InChI=1S/C16H14N2O5S/c19-14-10(6-9-3-4-11-13(7-9)23-8-22-11)18(16(24)17-14)15(20)12-2-1-5-21-12/h3-4,6-7,12H,1-2,5,8H2,(H,17,19,24). The Kier molecular flexibility index (Phi) is 3.70. The molecule has 7 nitrogen and oxygen atoms in total. The first kappa shape index (κ1) is 15.1. The summed E-state index contributed by atoms with van der Waals surface area (Å²) in [6, 6.07) is 5.29. The van der Waals surface area contributed by atoms with Gasteiger partial charge in [0, 0.05) is 6.61 Å². The van der Waals surface area contributed by atoms with Gasteiger partial charge in [-0.15, -0.1) is 0 Å². The number of hydrogen-bond acceptors (Lipinski definition) is 6. The van der Waals surface area contributed by atoms with Gasteiger partial charge in [-0.05, 0) is 48.8 Å². The topological polar surface area (TPSA) is 77.1 Å². The first-order valence-corrected chi connectivity index (χ1v) is 7.96. The van der Waals surface area contributed by atoms with E-state index in [1.807, 2.05) is 0 Å². The van der Waals surface area contributed by atoms with Crippen LogP contribution in [0.5, 0.6) is 11.5 Å². The lowest BCUT2D eigenvalue weighted by Crippen LogP contribution is -2.40. The van der Waals surface area contributed by atoms with E-state index in [1.54, 1.807) is 24.3 Å². The Hall–Kier alpha value is -2.45. The summed E-state index contributed by atoms with van der Waals surface area (Å²) in [5, 5.41) is 2.59. The molecule has 0 saturated carbocycles. The lowest BCUT2D eigenvalue weighted by atomic mass is 10.1. The summed E-state index contributed by atoms with van der Waals surface area (Å²) in [5.74, 6) is 0.519. The number of nitrogens with one attached hydrogen (secondary N) is 1. The van der Waals surface area contributed by atoms with Crippen LogP contribution in [0.3, 0.4) is 0 Å². The summed E-state index contributed by atoms with van der Waals surface area (Å²) in [7, 11) is 0. The fourth-order valence-corrected chi connectivity index (χ4v) is 3.14. The number of hydrogen-bond donors (Lipinski definition) is 1. The molecular weight excluding hydrogens is 332 g/mol. The van der Waals surface area contributed by atoms with E-state index in [1.165, 1.54) is 4.90 Å². The number of carbonyl (C=O) groups excluding carboxylic acids is 2. The van der Waals surface area contributed by atoms with Gasteiger partial charge < -0.3 is 14.2 Å². The van der Waals surface area contributed by atoms with Gasteiger partial charge >= 0.3 is 0 Å². The predicted octanol–water partition coefficient (Wildman–Crippen LogP) is 1.18. The van der Waals surface area contributed by atoms with Gasteiger partial charge in [0.05, 0.1) is 0 Å². The molecule has 2 saturated heterocycles. The Balaban J connectivity index is 1.67. The number of amides is 2. The molecule has 0 aliphatic carbocycles. The van der Waals surface area contributed by atoms with Gasteiger partial charge in [0.2, 0.25) is 6.79 Å². The minimum Gasteiger partial charge on any atom is -0.454 e. The third kappa shape index (κ3) is 2.53. The molecule has 1 N–H and O–H groups in total. The van der Waals surface area contributed by atoms with Crippen LogP contribution >= 0.6 is 12.2 Å². The third-order valence-corrected chi connectivity index (χ3v) is 4.31. The zero-order valence-corrected chi connectivity index (χ0v) is 13.4. The number of nitrogens with zero attached hydrogens (tertiary/aromatic N) is 1. The maximum absolute atomic E-state index is 12.6. The minimum atomic E-state index is -0.559. The lowest BCUT2D eigenvalue weighted by Gasteiger charge is -2.19. The van der Waals surface area contributed by atoms with Crippen LogP contribution in [0.2, 0.25) is 0 Å². The molecule has 1 atom stereocenters. The molecule has 4 rings (SSSR count). The number of thiocarbonyl (C=S) groups is 1. The molecule has 0 radical (unpaired) electrons. The van der Waals surface area contributed by atoms with E-state index in [0.29, 0.717) is 30.1 Å². The monoisotopic (exact) mass is 346 g/mol. The van der Waals surface area contributed by atoms with Crippen molar-refractivity contribution in [2.75, 3.05) is 13.4 Å². The Bertz CT molecular complexity index is 770. The van der Waals surface area contributed by atoms with Crippen LogP contribution in [-0.4, -0.2) is 41.3 Å². The number of fused-ring (bicyclic) bond motifs is 1. The van der Waals surface area contributed by atoms with Crippen LogP contribution < -0.4 is 14.8 Å². The van der Waals surface area contributed by atoms with Crippen LogP contribution in [0.25, 0.3) is 6.08 Å². The van der Waals surface area contributed by atoms with Crippen molar-refractivity contribution in [2.45, 2.75) is 18.9 Å². The number of ether oxygens (including phenoxy) is 3. The van der Waals surface area contributed by atoms with E-state index in [-0.39, 0.29) is 23.5 Å². The van der Waals surface area contributed by atoms with Gasteiger partial charge in [0.1, 0.15) is 11.8 Å². The van der Waals surface area contributed by atoms with Gasteiger partial charge in [-0.25, -0.2) is 4.90 Å². The Morgan fingerprint density at radius 2 is 2.17 bits per heavy atom. The van der Waals surface area contributed by atoms with Gasteiger partial charge in [-0.1, -0.05) is 6.07 Å². The lowest BCUT2D eigenvalue weighted by molar-refractivity contribution is -0.135. The first-order chi connectivity index (χ1) is 11.6. The van der Waals surface area contributed by atoms with E-state index in [0.717, 1.165) is 6.42 Å². The van der Waals surface area contributed by atoms with Crippen LogP contribution in [0.1, 0.15) is 18.4 Å². The van der Waals surface area contributed by atoms with Crippen LogP contribution in [0.4, 0.5) is 0 Å². The summed E-state index contributed by atoms with van der Waals surface area (Å²) < 4.78 is 16.0. The van der Waals surface area contributed by atoms with Crippen LogP contribution in [0.15, 0.2) is 23.9 Å². The Morgan fingerprint density at radius 3 is 2.96 bits per heavy atom. The zero-order valence-electron chi connectivity index (χ0n) is 12.6. The molecule has 2 fully saturated rings. The average Bonchev–Trinajstić information content (AvgIpc) is 3.28. The van der Waals surface area contributed by atoms with Crippen molar-refractivity contribution in [3.8, 4) is 11.5 Å². The van der Waals surface area contributed by atoms with Crippen molar-refractivity contribution in [1.29, 1.82) is 0 Å². The molecule has 0 aromatic heterocycles. The van der Waals surface area contributed by atoms with Crippen molar-refractivity contribution in [2.24, 2.45) is 0 Å². The van der Waals surface area contributed by atoms with Crippen molar-refractivity contribution >= 4 is 35.2 Å².